The van der Waals surface area contributed by atoms with Gasteiger partial charge in [0.05, 0.1) is 6.10 Å². The Hall–Kier alpha value is -1.07. The lowest BCUT2D eigenvalue weighted by molar-refractivity contribution is 0.177. The zero-order valence-corrected chi connectivity index (χ0v) is 9.93. The second kappa shape index (κ2) is 5.71. The minimum atomic E-state index is -1.43. The molecule has 0 aliphatic heterocycles. The molecule has 0 bridgehead atoms. The number of benzene rings is 1. The molecule has 0 spiro atoms. The highest BCUT2D eigenvalue weighted by Crippen LogP contribution is 2.24. The first kappa shape index (κ1) is 13.4. The number of nitrogens with one attached hydrogen (secondary N) is 1. The number of aliphatic hydroxyl groups excluding tert-OH is 1. The highest BCUT2D eigenvalue weighted by Gasteiger charge is 2.22. The van der Waals surface area contributed by atoms with Gasteiger partial charge < -0.3 is 10.4 Å². The Morgan fingerprint density at radius 2 is 1.83 bits per heavy atom. The van der Waals surface area contributed by atoms with Crippen molar-refractivity contribution >= 4 is 0 Å². The van der Waals surface area contributed by atoms with Gasteiger partial charge in [-0.25, -0.2) is 13.2 Å². The third-order valence-electron chi connectivity index (χ3n) is 3.32. The molecular formula is C13H16F3NO. The molecule has 0 radical (unpaired) electrons. The van der Waals surface area contributed by atoms with E-state index in [0.29, 0.717) is 24.6 Å². The van der Waals surface area contributed by atoms with Gasteiger partial charge in [0.25, 0.3) is 0 Å². The molecule has 1 aromatic carbocycles. The van der Waals surface area contributed by atoms with Gasteiger partial charge in [-0.2, -0.15) is 0 Å². The van der Waals surface area contributed by atoms with E-state index in [1.165, 1.54) is 0 Å². The lowest BCUT2D eigenvalue weighted by atomic mass is 10.1. The van der Waals surface area contributed by atoms with Crippen molar-refractivity contribution < 1.29 is 18.3 Å². The maximum Gasteiger partial charge on any atom is 0.194 e. The fourth-order valence-corrected chi connectivity index (χ4v) is 2.36. The molecule has 1 aromatic rings. The van der Waals surface area contributed by atoms with Crippen LogP contribution in [0.1, 0.15) is 24.8 Å². The Morgan fingerprint density at radius 3 is 2.39 bits per heavy atom. The summed E-state index contributed by atoms with van der Waals surface area (Å²) in [5.74, 6) is -3.36. The van der Waals surface area contributed by atoms with Crippen LogP contribution < -0.4 is 5.32 Å². The van der Waals surface area contributed by atoms with Gasteiger partial charge in [0, 0.05) is 6.54 Å². The van der Waals surface area contributed by atoms with Crippen LogP contribution in [0.4, 0.5) is 13.2 Å². The maximum absolute atomic E-state index is 12.9. The Balaban J connectivity index is 1.83. The standard InChI is InChI=1S/C13H16F3NO/c14-11-4-9(5-12(15)13(11)16)7-17-6-8-1-2-10(18)3-8/h4-5,8,10,17-18H,1-3,6-7H2. The van der Waals surface area contributed by atoms with Crippen LogP contribution in [-0.2, 0) is 6.54 Å². The van der Waals surface area contributed by atoms with E-state index in [1.54, 1.807) is 0 Å². The van der Waals surface area contributed by atoms with Gasteiger partial charge in [-0.15, -0.1) is 0 Å². The first-order valence-electron chi connectivity index (χ1n) is 6.08. The summed E-state index contributed by atoms with van der Waals surface area (Å²) in [6.45, 7) is 0.985. The van der Waals surface area contributed by atoms with E-state index >= 15 is 0 Å². The van der Waals surface area contributed by atoms with Crippen molar-refractivity contribution in [2.45, 2.75) is 31.9 Å². The molecule has 1 aliphatic carbocycles. The second-order valence-corrected chi connectivity index (χ2v) is 4.84. The molecule has 2 atom stereocenters. The van der Waals surface area contributed by atoms with Crippen LogP contribution >= 0.6 is 0 Å². The quantitative estimate of drug-likeness (QED) is 0.814. The number of hydrogen-bond donors (Lipinski definition) is 2. The average Bonchev–Trinajstić information content (AvgIpc) is 2.72. The summed E-state index contributed by atoms with van der Waals surface area (Å²) < 4.78 is 38.6. The maximum atomic E-state index is 12.9. The van der Waals surface area contributed by atoms with Crippen LogP contribution in [0, 0.1) is 23.4 Å². The predicted molar refractivity (Wildman–Crippen MR) is 61.4 cm³/mol. The summed E-state index contributed by atoms with van der Waals surface area (Å²) in [6.07, 6.45) is 2.31. The van der Waals surface area contributed by atoms with E-state index in [9.17, 15) is 18.3 Å². The molecule has 5 heteroatoms. The molecule has 1 fully saturated rings. The summed E-state index contributed by atoms with van der Waals surface area (Å²) in [5.41, 5.74) is 0.380. The lowest BCUT2D eigenvalue weighted by Gasteiger charge is -2.11. The zero-order chi connectivity index (χ0) is 13.1. The van der Waals surface area contributed by atoms with Gasteiger partial charge >= 0.3 is 0 Å². The molecule has 1 aliphatic rings. The molecule has 18 heavy (non-hydrogen) atoms. The molecular weight excluding hydrogens is 243 g/mol. The molecule has 2 rings (SSSR count). The normalized spacial score (nSPS) is 23.6. The van der Waals surface area contributed by atoms with Crippen molar-refractivity contribution in [1.82, 2.24) is 5.32 Å². The fraction of sp³-hybridized carbons (Fsp3) is 0.538. The first-order chi connectivity index (χ1) is 8.56. The topological polar surface area (TPSA) is 32.3 Å². The van der Waals surface area contributed by atoms with Crippen molar-refractivity contribution in [3.05, 3.63) is 35.1 Å². The van der Waals surface area contributed by atoms with E-state index in [2.05, 4.69) is 5.32 Å². The van der Waals surface area contributed by atoms with Gasteiger partial charge in [-0.3, -0.25) is 0 Å². The molecule has 2 nitrogen and oxygen atoms in total. The first-order valence-corrected chi connectivity index (χ1v) is 6.08. The molecule has 100 valence electrons. The van der Waals surface area contributed by atoms with Crippen molar-refractivity contribution in [3.8, 4) is 0 Å². The monoisotopic (exact) mass is 259 g/mol. The average molecular weight is 259 g/mol. The summed E-state index contributed by atoms with van der Waals surface area (Å²) in [6, 6.07) is 1.99. The Labute approximate surface area is 104 Å². The highest BCUT2D eigenvalue weighted by molar-refractivity contribution is 5.19. The summed E-state index contributed by atoms with van der Waals surface area (Å²) in [5, 5.41) is 12.4. The van der Waals surface area contributed by atoms with E-state index < -0.39 is 17.5 Å². The van der Waals surface area contributed by atoms with Crippen LogP contribution in [0.25, 0.3) is 0 Å². The number of halogens is 3. The van der Waals surface area contributed by atoms with E-state index in [0.717, 1.165) is 31.4 Å². The molecule has 2 N–H and O–H groups in total. The van der Waals surface area contributed by atoms with Crippen molar-refractivity contribution in [2.75, 3.05) is 6.54 Å². The van der Waals surface area contributed by atoms with Crippen LogP contribution in [0.2, 0.25) is 0 Å². The third-order valence-corrected chi connectivity index (χ3v) is 3.32. The molecule has 0 amide bonds. The lowest BCUT2D eigenvalue weighted by Crippen LogP contribution is -2.21. The predicted octanol–water partition coefficient (Wildman–Crippen LogP) is 2.35. The number of aliphatic hydroxyl groups is 1. The number of hydrogen-bond acceptors (Lipinski definition) is 2. The SMILES string of the molecule is OC1CCC(CNCc2cc(F)c(F)c(F)c2)C1. The fourth-order valence-electron chi connectivity index (χ4n) is 2.36. The minimum Gasteiger partial charge on any atom is -0.393 e. The Kier molecular flexibility index (Phi) is 4.24. The summed E-state index contributed by atoms with van der Waals surface area (Å²) >= 11 is 0. The highest BCUT2D eigenvalue weighted by atomic mass is 19.2. The summed E-state index contributed by atoms with van der Waals surface area (Å²) in [7, 11) is 0. The largest absolute Gasteiger partial charge is 0.393 e. The molecule has 0 aromatic heterocycles. The van der Waals surface area contributed by atoms with Crippen LogP contribution in [0.3, 0.4) is 0 Å². The molecule has 0 heterocycles. The van der Waals surface area contributed by atoms with E-state index in [1.807, 2.05) is 0 Å². The van der Waals surface area contributed by atoms with Gasteiger partial charge in [-0.05, 0) is 49.4 Å². The van der Waals surface area contributed by atoms with Gasteiger partial charge in [0.1, 0.15) is 0 Å². The number of rotatable bonds is 4. The van der Waals surface area contributed by atoms with Crippen molar-refractivity contribution in [2.24, 2.45) is 5.92 Å². The van der Waals surface area contributed by atoms with E-state index in [-0.39, 0.29) is 6.10 Å². The smallest absolute Gasteiger partial charge is 0.194 e. The second-order valence-electron chi connectivity index (χ2n) is 4.84. The Morgan fingerprint density at radius 1 is 1.17 bits per heavy atom. The van der Waals surface area contributed by atoms with Crippen LogP contribution in [0.5, 0.6) is 0 Å². The summed E-state index contributed by atoms with van der Waals surface area (Å²) in [4.78, 5) is 0. The van der Waals surface area contributed by atoms with Gasteiger partial charge in [0.2, 0.25) is 0 Å². The molecule has 0 saturated heterocycles. The van der Waals surface area contributed by atoms with Crippen LogP contribution in [0.15, 0.2) is 12.1 Å². The zero-order valence-electron chi connectivity index (χ0n) is 9.93. The van der Waals surface area contributed by atoms with Gasteiger partial charge in [-0.1, -0.05) is 0 Å². The molecule has 2 unspecified atom stereocenters. The van der Waals surface area contributed by atoms with E-state index in [4.69, 9.17) is 0 Å². The third kappa shape index (κ3) is 3.23. The Bertz CT molecular complexity index is 402. The van der Waals surface area contributed by atoms with Gasteiger partial charge in [0.15, 0.2) is 17.5 Å². The molecule has 1 saturated carbocycles. The minimum absolute atomic E-state index is 0.225. The van der Waals surface area contributed by atoms with Crippen molar-refractivity contribution in [3.63, 3.8) is 0 Å². The van der Waals surface area contributed by atoms with Crippen molar-refractivity contribution in [1.29, 1.82) is 0 Å². The van der Waals surface area contributed by atoms with Crippen LogP contribution in [-0.4, -0.2) is 17.8 Å².